The normalized spacial score (nSPS) is 33.5. The number of Topliss-reactive ketones (excluding diaryl/α,β-unsaturated/α-hetero) is 3. The van der Waals surface area contributed by atoms with E-state index in [4.69, 9.17) is 0 Å². The van der Waals surface area contributed by atoms with Gasteiger partial charge in [0.1, 0.15) is 11.4 Å². The average Bonchev–Trinajstić information content (AvgIpc) is 3.02. The van der Waals surface area contributed by atoms with Crippen LogP contribution in [0, 0.1) is 30.6 Å². The minimum absolute atomic E-state index is 0.111. The summed E-state index contributed by atoms with van der Waals surface area (Å²) < 4.78 is 0. The Hall–Kier alpha value is -3.74. The predicted octanol–water partition coefficient (Wildman–Crippen LogP) is 2.85. The molecule has 0 saturated heterocycles. The topological polar surface area (TPSA) is 202 Å². The van der Waals surface area contributed by atoms with E-state index in [1.807, 2.05) is 0 Å². The van der Waals surface area contributed by atoms with Crippen LogP contribution in [0.3, 0.4) is 0 Å². The largest absolute Gasteiger partial charge is 0.507 e. The molecule has 0 spiro atoms. The van der Waals surface area contributed by atoms with Gasteiger partial charge >= 0.3 is 0 Å². The number of amides is 1. The van der Waals surface area contributed by atoms with Crippen LogP contribution in [0.2, 0.25) is 0 Å². The van der Waals surface area contributed by atoms with Crippen LogP contribution in [0.1, 0.15) is 92.0 Å². The summed E-state index contributed by atoms with van der Waals surface area (Å²) in [5, 5.41) is 69.2. The van der Waals surface area contributed by atoms with Crippen LogP contribution in [0.4, 0.5) is 0 Å². The third-order valence-corrected chi connectivity index (χ3v) is 9.69. The molecule has 9 unspecified atom stereocenters. The van der Waals surface area contributed by atoms with Crippen LogP contribution in [0.25, 0.3) is 0 Å². The number of allylic oxidation sites excluding steroid dienone is 5. The van der Waals surface area contributed by atoms with E-state index in [2.05, 4.69) is 5.32 Å². The summed E-state index contributed by atoms with van der Waals surface area (Å²) >= 11 is 0. The van der Waals surface area contributed by atoms with Gasteiger partial charge in [-0.05, 0) is 57.9 Å². The Balaban J connectivity index is 2.24. The molecule has 7 N–H and O–H groups in total. The monoisotopic (exact) mass is 653 g/mol. The molecule has 0 aromatic heterocycles. The van der Waals surface area contributed by atoms with Crippen molar-refractivity contribution in [3.63, 3.8) is 0 Å². The summed E-state index contributed by atoms with van der Waals surface area (Å²) in [6, 6.07) is 1.26. The molecule has 256 valence electrons. The van der Waals surface area contributed by atoms with Crippen LogP contribution < -0.4 is 5.32 Å². The number of aryl methyl sites for hydroxylation is 1. The van der Waals surface area contributed by atoms with Crippen molar-refractivity contribution in [1.29, 1.82) is 0 Å². The van der Waals surface area contributed by atoms with Gasteiger partial charge in [0.2, 0.25) is 5.78 Å². The second-order valence-electron chi connectivity index (χ2n) is 13.4. The fourth-order valence-electron chi connectivity index (χ4n) is 6.32. The molecule has 2 aliphatic heterocycles. The van der Waals surface area contributed by atoms with Gasteiger partial charge in [-0.25, -0.2) is 0 Å². The van der Waals surface area contributed by atoms with E-state index >= 15 is 0 Å². The minimum atomic E-state index is -2.12. The average molecular weight is 654 g/mol. The van der Waals surface area contributed by atoms with E-state index in [1.54, 1.807) is 32.9 Å². The molecule has 0 radical (unpaired) electrons. The van der Waals surface area contributed by atoms with Crippen LogP contribution in [-0.2, 0) is 4.79 Å². The number of fused-ring (bicyclic) bond motifs is 15. The molecule has 3 aliphatic rings. The SMILES string of the molecule is CC1=CC=CC(C)C(O)C(C)C(O)C(C)C(O)C(C)C(O)C(C)(O)C=C(C)C(=O)c2c(O)c(C)cc3c2C(=O)C(C)=C(NC1=O)C3=O. The van der Waals surface area contributed by atoms with Gasteiger partial charge in [-0.1, -0.05) is 45.9 Å². The van der Waals surface area contributed by atoms with Crippen molar-refractivity contribution in [3.05, 3.63) is 75.0 Å². The van der Waals surface area contributed by atoms with Crippen LogP contribution in [-0.4, -0.2) is 83.9 Å². The molecule has 47 heavy (non-hydrogen) atoms. The fraction of sp³-hybridized carbons (Fsp3) is 0.500. The first-order chi connectivity index (χ1) is 21.6. The molecule has 1 aromatic carbocycles. The first kappa shape index (κ1) is 37.7. The number of phenolic OH excluding ortho intramolecular Hbond substituents is 1. The lowest BCUT2D eigenvalue weighted by molar-refractivity contribution is -0.116. The maximum atomic E-state index is 13.9. The first-order valence-electron chi connectivity index (χ1n) is 15.7. The zero-order valence-electron chi connectivity index (χ0n) is 28.3. The molecule has 1 aliphatic carbocycles. The summed E-state index contributed by atoms with van der Waals surface area (Å²) in [6.45, 7) is 13.1. The molecule has 11 heteroatoms. The number of rotatable bonds is 0. The zero-order valence-corrected chi connectivity index (χ0v) is 28.3. The van der Waals surface area contributed by atoms with Crippen molar-refractivity contribution < 1.29 is 49.8 Å². The lowest BCUT2D eigenvalue weighted by Crippen LogP contribution is -2.50. The second-order valence-corrected chi connectivity index (χ2v) is 13.4. The van der Waals surface area contributed by atoms with Crippen molar-refractivity contribution in [1.82, 2.24) is 5.32 Å². The van der Waals surface area contributed by atoms with Gasteiger partial charge in [-0.15, -0.1) is 0 Å². The van der Waals surface area contributed by atoms with E-state index < -0.39 is 88.3 Å². The number of phenols is 1. The molecular weight excluding hydrogens is 606 g/mol. The first-order valence-corrected chi connectivity index (χ1v) is 15.7. The van der Waals surface area contributed by atoms with Crippen LogP contribution in [0.15, 0.2) is 52.8 Å². The summed E-state index contributed by atoms with van der Waals surface area (Å²) in [7, 11) is 0. The standard InChI is InChI=1S/C36H47NO10/c1-15-11-10-12-16(2)35(46)37-26-19(5)32(43)24-23(33(26)44)13-17(3)28(39)25(24)29(40)18(4)14-36(9,47)34(45)22(8)31(42)21(7)30(41)20(6)27(15)38/h10-15,20-22,27,30-31,34,38-39,41-42,45,47H,1-9H3,(H,37,46). The molecule has 2 heterocycles. The molecule has 1 aromatic rings. The third kappa shape index (κ3) is 7.24. The van der Waals surface area contributed by atoms with E-state index in [-0.39, 0.29) is 39.1 Å². The van der Waals surface area contributed by atoms with Gasteiger partial charge in [0.05, 0.1) is 35.7 Å². The quantitative estimate of drug-likeness (QED) is 0.218. The fourth-order valence-corrected chi connectivity index (χ4v) is 6.32. The summed E-state index contributed by atoms with van der Waals surface area (Å²) in [5.41, 5.74) is -3.46. The third-order valence-electron chi connectivity index (χ3n) is 9.69. The maximum absolute atomic E-state index is 13.9. The van der Waals surface area contributed by atoms with Gasteiger partial charge < -0.3 is 36.0 Å². The van der Waals surface area contributed by atoms with Crippen molar-refractivity contribution >= 4 is 23.3 Å². The number of aliphatic hydroxyl groups excluding tert-OH is 4. The smallest absolute Gasteiger partial charge is 0.251 e. The van der Waals surface area contributed by atoms with Gasteiger partial charge in [-0.2, -0.15) is 0 Å². The Morgan fingerprint density at radius 3 is 1.89 bits per heavy atom. The van der Waals surface area contributed by atoms with Gasteiger partial charge in [0.15, 0.2) is 11.6 Å². The number of carbonyl (C=O) groups excluding carboxylic acids is 4. The number of carbonyl (C=O) groups is 4. The molecule has 4 rings (SSSR count). The highest BCUT2D eigenvalue weighted by Crippen LogP contribution is 2.37. The Labute approximate surface area is 275 Å². The molecular formula is C36H47NO10. The van der Waals surface area contributed by atoms with Crippen LogP contribution >= 0.6 is 0 Å². The Morgan fingerprint density at radius 1 is 0.745 bits per heavy atom. The van der Waals surface area contributed by atoms with Gasteiger partial charge in [-0.3, -0.25) is 19.2 Å². The van der Waals surface area contributed by atoms with Crippen molar-refractivity contribution in [2.24, 2.45) is 23.7 Å². The summed E-state index contributed by atoms with van der Waals surface area (Å²) in [5.74, 6) is -6.77. The van der Waals surface area contributed by atoms with E-state index in [1.165, 1.54) is 53.7 Å². The van der Waals surface area contributed by atoms with Crippen molar-refractivity contribution in [2.45, 2.75) is 92.3 Å². The van der Waals surface area contributed by atoms with E-state index in [0.717, 1.165) is 6.08 Å². The lowest BCUT2D eigenvalue weighted by atomic mass is 9.76. The number of benzene rings is 1. The number of hydrogen-bond acceptors (Lipinski definition) is 10. The lowest BCUT2D eigenvalue weighted by Gasteiger charge is -2.38. The molecule has 11 nitrogen and oxygen atoms in total. The minimum Gasteiger partial charge on any atom is -0.507 e. The highest BCUT2D eigenvalue weighted by atomic mass is 16.3. The van der Waals surface area contributed by atoms with Crippen molar-refractivity contribution in [2.75, 3.05) is 0 Å². The number of aliphatic hydroxyl groups is 5. The number of hydrogen-bond donors (Lipinski definition) is 7. The molecule has 0 saturated carbocycles. The van der Waals surface area contributed by atoms with E-state index in [9.17, 15) is 49.8 Å². The van der Waals surface area contributed by atoms with E-state index in [0.29, 0.717) is 0 Å². The number of aromatic hydroxyl groups is 1. The highest BCUT2D eigenvalue weighted by molar-refractivity contribution is 6.31. The van der Waals surface area contributed by atoms with Gasteiger partial charge in [0, 0.05) is 45.9 Å². The highest BCUT2D eigenvalue weighted by Gasteiger charge is 2.42. The molecule has 9 atom stereocenters. The number of nitrogens with one attached hydrogen (secondary N) is 1. The Kier molecular flexibility index (Phi) is 11.4. The second kappa shape index (κ2) is 14.2. The summed E-state index contributed by atoms with van der Waals surface area (Å²) in [6.07, 6.45) is 0.374. The summed E-state index contributed by atoms with van der Waals surface area (Å²) in [4.78, 5) is 54.3. The zero-order chi connectivity index (χ0) is 35.9. The predicted molar refractivity (Wildman–Crippen MR) is 175 cm³/mol. The molecule has 0 fully saturated rings. The molecule has 4 bridgehead atoms. The Morgan fingerprint density at radius 2 is 1.30 bits per heavy atom. The van der Waals surface area contributed by atoms with Gasteiger partial charge in [0.25, 0.3) is 5.91 Å². The van der Waals surface area contributed by atoms with Crippen molar-refractivity contribution in [3.8, 4) is 5.75 Å². The maximum Gasteiger partial charge on any atom is 0.251 e. The molecule has 1 amide bonds. The number of ketones is 3. The van der Waals surface area contributed by atoms with Crippen LogP contribution in [0.5, 0.6) is 5.75 Å². The Bertz CT molecular complexity index is 1600.